The highest BCUT2D eigenvalue weighted by Crippen LogP contribution is 2.28. The molecule has 0 amide bonds. The zero-order chi connectivity index (χ0) is 17.2. The molecule has 3 N–H and O–H groups in total. The van der Waals surface area contributed by atoms with Crippen LogP contribution in [0.15, 0.2) is 42.5 Å². The molecule has 0 aliphatic heterocycles. The van der Waals surface area contributed by atoms with Gasteiger partial charge in [-0.05, 0) is 75.2 Å². The first-order valence-electron chi connectivity index (χ1n) is 8.66. The Kier molecular flexibility index (Phi) is 7.43. The molecule has 0 unspecified atom stereocenters. The van der Waals surface area contributed by atoms with Crippen LogP contribution in [0.5, 0.6) is 11.5 Å². The molecule has 4 nitrogen and oxygen atoms in total. The number of rotatable bonds is 10. The van der Waals surface area contributed by atoms with Crippen LogP contribution in [0.2, 0.25) is 0 Å². The smallest absolute Gasteiger partial charge is 0.161 e. The average Bonchev–Trinajstić information content (AvgIpc) is 2.59. The van der Waals surface area contributed by atoms with Gasteiger partial charge in [0.2, 0.25) is 0 Å². The second kappa shape index (κ2) is 9.83. The minimum Gasteiger partial charge on any atom is -0.490 e. The monoisotopic (exact) mass is 328 g/mol. The van der Waals surface area contributed by atoms with Gasteiger partial charge in [-0.3, -0.25) is 0 Å². The normalized spacial score (nSPS) is 10.6. The second-order valence-electron chi connectivity index (χ2n) is 5.64. The summed E-state index contributed by atoms with van der Waals surface area (Å²) in [6, 6.07) is 14.2. The number of hydrogen-bond acceptors (Lipinski definition) is 4. The predicted octanol–water partition coefficient (Wildman–Crippen LogP) is 3.44. The molecule has 0 radical (unpaired) electrons. The van der Waals surface area contributed by atoms with Gasteiger partial charge in [-0.15, -0.1) is 0 Å². The van der Waals surface area contributed by atoms with Gasteiger partial charge in [0.1, 0.15) is 0 Å². The molecular weight excluding hydrogens is 300 g/mol. The maximum Gasteiger partial charge on any atom is 0.161 e. The van der Waals surface area contributed by atoms with Crippen LogP contribution in [0.25, 0.3) is 0 Å². The van der Waals surface area contributed by atoms with E-state index in [4.69, 9.17) is 15.2 Å². The lowest BCUT2D eigenvalue weighted by Crippen LogP contribution is -2.20. The van der Waals surface area contributed by atoms with E-state index < -0.39 is 0 Å². The van der Waals surface area contributed by atoms with Gasteiger partial charge >= 0.3 is 0 Å². The van der Waals surface area contributed by atoms with Crippen molar-refractivity contribution in [1.82, 2.24) is 5.32 Å². The van der Waals surface area contributed by atoms with Crippen molar-refractivity contribution in [3.05, 3.63) is 53.6 Å². The fourth-order valence-corrected chi connectivity index (χ4v) is 2.53. The lowest BCUT2D eigenvalue weighted by Gasteiger charge is -2.12. The van der Waals surface area contributed by atoms with Crippen LogP contribution in [0, 0.1) is 0 Å². The molecular formula is C20H28N2O2. The van der Waals surface area contributed by atoms with Crippen molar-refractivity contribution in [3.63, 3.8) is 0 Å². The van der Waals surface area contributed by atoms with E-state index in [2.05, 4.69) is 29.6 Å². The van der Waals surface area contributed by atoms with Crippen LogP contribution in [0.4, 0.5) is 5.69 Å². The number of hydrogen-bond donors (Lipinski definition) is 2. The molecule has 0 aliphatic rings. The molecule has 0 bridgehead atoms. The summed E-state index contributed by atoms with van der Waals surface area (Å²) in [5, 5.41) is 3.48. The SMILES string of the molecule is CCOc1ccc(CCNCCc2ccc(N)cc2)cc1OCC. The summed E-state index contributed by atoms with van der Waals surface area (Å²) < 4.78 is 11.3. The minimum atomic E-state index is 0.642. The van der Waals surface area contributed by atoms with Gasteiger partial charge in [-0.1, -0.05) is 18.2 Å². The van der Waals surface area contributed by atoms with Gasteiger partial charge in [0, 0.05) is 5.69 Å². The topological polar surface area (TPSA) is 56.5 Å². The molecule has 0 aromatic heterocycles. The van der Waals surface area contributed by atoms with Crippen LogP contribution in [0.1, 0.15) is 25.0 Å². The van der Waals surface area contributed by atoms with E-state index in [1.54, 1.807) is 0 Å². The molecule has 0 saturated carbocycles. The van der Waals surface area contributed by atoms with Gasteiger partial charge < -0.3 is 20.5 Å². The molecule has 0 aliphatic carbocycles. The molecule has 4 heteroatoms. The summed E-state index contributed by atoms with van der Waals surface area (Å²) in [5.41, 5.74) is 9.06. The van der Waals surface area contributed by atoms with E-state index >= 15 is 0 Å². The zero-order valence-electron chi connectivity index (χ0n) is 14.7. The Balaban J connectivity index is 1.77. The summed E-state index contributed by atoms with van der Waals surface area (Å²) in [6.45, 7) is 7.15. The molecule has 0 spiro atoms. The summed E-state index contributed by atoms with van der Waals surface area (Å²) in [6.07, 6.45) is 1.97. The number of nitrogens with two attached hydrogens (primary N) is 1. The van der Waals surface area contributed by atoms with E-state index in [1.165, 1.54) is 11.1 Å². The molecule has 24 heavy (non-hydrogen) atoms. The Bertz CT molecular complexity index is 612. The summed E-state index contributed by atoms with van der Waals surface area (Å²) >= 11 is 0. The highest BCUT2D eigenvalue weighted by atomic mass is 16.5. The molecule has 2 aromatic carbocycles. The maximum atomic E-state index is 5.70. The zero-order valence-corrected chi connectivity index (χ0v) is 14.7. The van der Waals surface area contributed by atoms with E-state index in [0.29, 0.717) is 13.2 Å². The Hall–Kier alpha value is -2.20. The molecule has 0 saturated heterocycles. The quantitative estimate of drug-likeness (QED) is 0.518. The third-order valence-electron chi connectivity index (χ3n) is 3.77. The van der Waals surface area contributed by atoms with Crippen molar-refractivity contribution in [3.8, 4) is 11.5 Å². The molecule has 0 atom stereocenters. The Morgan fingerprint density at radius 2 is 1.38 bits per heavy atom. The van der Waals surface area contributed by atoms with E-state index in [1.807, 2.05) is 32.0 Å². The van der Waals surface area contributed by atoms with E-state index in [0.717, 1.165) is 43.1 Å². The maximum absolute atomic E-state index is 5.70. The third kappa shape index (κ3) is 5.78. The Morgan fingerprint density at radius 1 is 0.792 bits per heavy atom. The first-order chi connectivity index (χ1) is 11.7. The fraction of sp³-hybridized carbons (Fsp3) is 0.400. The second-order valence-corrected chi connectivity index (χ2v) is 5.64. The number of ether oxygens (including phenoxy) is 2. The van der Waals surface area contributed by atoms with E-state index in [9.17, 15) is 0 Å². The van der Waals surface area contributed by atoms with Crippen LogP contribution in [-0.4, -0.2) is 26.3 Å². The van der Waals surface area contributed by atoms with E-state index in [-0.39, 0.29) is 0 Å². The number of nitrogens with one attached hydrogen (secondary N) is 1. The van der Waals surface area contributed by atoms with Crippen molar-refractivity contribution >= 4 is 5.69 Å². The number of benzene rings is 2. The lowest BCUT2D eigenvalue weighted by molar-refractivity contribution is 0.287. The van der Waals surface area contributed by atoms with Crippen LogP contribution < -0.4 is 20.5 Å². The van der Waals surface area contributed by atoms with Crippen molar-refractivity contribution in [2.24, 2.45) is 0 Å². The fourth-order valence-electron chi connectivity index (χ4n) is 2.53. The van der Waals surface area contributed by atoms with Crippen LogP contribution in [0.3, 0.4) is 0 Å². The highest BCUT2D eigenvalue weighted by Gasteiger charge is 2.06. The average molecular weight is 328 g/mol. The minimum absolute atomic E-state index is 0.642. The van der Waals surface area contributed by atoms with Crippen molar-refractivity contribution in [2.75, 3.05) is 32.0 Å². The van der Waals surface area contributed by atoms with Crippen molar-refractivity contribution < 1.29 is 9.47 Å². The summed E-state index contributed by atoms with van der Waals surface area (Å²) in [5.74, 6) is 1.65. The van der Waals surface area contributed by atoms with Gasteiger partial charge in [-0.25, -0.2) is 0 Å². The van der Waals surface area contributed by atoms with Gasteiger partial charge in [-0.2, -0.15) is 0 Å². The van der Waals surface area contributed by atoms with Crippen molar-refractivity contribution in [1.29, 1.82) is 0 Å². The number of anilines is 1. The Morgan fingerprint density at radius 3 is 2.04 bits per heavy atom. The Labute approximate surface area is 145 Å². The van der Waals surface area contributed by atoms with Crippen LogP contribution >= 0.6 is 0 Å². The van der Waals surface area contributed by atoms with Gasteiger partial charge in [0.05, 0.1) is 13.2 Å². The van der Waals surface area contributed by atoms with Gasteiger partial charge in [0.25, 0.3) is 0 Å². The highest BCUT2D eigenvalue weighted by molar-refractivity contribution is 5.43. The molecule has 130 valence electrons. The molecule has 2 aromatic rings. The summed E-state index contributed by atoms with van der Waals surface area (Å²) in [7, 11) is 0. The van der Waals surface area contributed by atoms with Crippen molar-refractivity contribution in [2.45, 2.75) is 26.7 Å². The molecule has 2 rings (SSSR count). The molecule has 0 heterocycles. The lowest BCUT2D eigenvalue weighted by atomic mass is 10.1. The molecule has 0 fully saturated rings. The van der Waals surface area contributed by atoms with Crippen LogP contribution in [-0.2, 0) is 12.8 Å². The largest absolute Gasteiger partial charge is 0.490 e. The predicted molar refractivity (Wildman–Crippen MR) is 99.9 cm³/mol. The first-order valence-corrected chi connectivity index (χ1v) is 8.66. The first kappa shape index (κ1) is 18.1. The third-order valence-corrected chi connectivity index (χ3v) is 3.77. The standard InChI is InChI=1S/C20H28N2O2/c1-3-23-19-10-7-17(15-20(19)24-4-2)12-14-22-13-11-16-5-8-18(21)9-6-16/h5-10,15,22H,3-4,11-14,21H2,1-2H3. The van der Waals surface area contributed by atoms with Gasteiger partial charge in [0.15, 0.2) is 11.5 Å². The summed E-state index contributed by atoms with van der Waals surface area (Å²) in [4.78, 5) is 0. The number of nitrogen functional groups attached to an aromatic ring is 1.